The van der Waals surface area contributed by atoms with Crippen molar-refractivity contribution in [3.05, 3.63) is 0 Å². The van der Waals surface area contributed by atoms with E-state index in [0.29, 0.717) is 39.3 Å². The predicted molar refractivity (Wildman–Crippen MR) is 86.8 cm³/mol. The highest BCUT2D eigenvalue weighted by atomic mass is 16.7. The molecular formula is C16H29NO8. The van der Waals surface area contributed by atoms with Crippen LogP contribution in [0, 0.1) is 0 Å². The van der Waals surface area contributed by atoms with Gasteiger partial charge < -0.3 is 34.1 Å². The maximum Gasteiger partial charge on any atom is 0.302 e. The lowest BCUT2D eigenvalue weighted by Crippen LogP contribution is -2.51. The Morgan fingerprint density at radius 3 is 2.40 bits per heavy atom. The van der Waals surface area contributed by atoms with E-state index in [1.54, 1.807) is 0 Å². The van der Waals surface area contributed by atoms with Gasteiger partial charge in [0.25, 0.3) is 0 Å². The highest BCUT2D eigenvalue weighted by Gasteiger charge is 2.33. The molecule has 0 spiro atoms. The summed E-state index contributed by atoms with van der Waals surface area (Å²) >= 11 is 0. The molecule has 0 saturated carbocycles. The second-order valence-electron chi connectivity index (χ2n) is 5.63. The second kappa shape index (κ2) is 13.0. The van der Waals surface area contributed by atoms with E-state index < -0.39 is 6.29 Å². The van der Waals surface area contributed by atoms with Crippen LogP contribution in [0.1, 0.15) is 26.7 Å². The Hall–Kier alpha value is -1.26. The molecule has 9 nitrogen and oxygen atoms in total. The van der Waals surface area contributed by atoms with Crippen LogP contribution in [-0.2, 0) is 33.3 Å². The minimum Gasteiger partial charge on any atom is -0.463 e. The van der Waals surface area contributed by atoms with Gasteiger partial charge in [-0.2, -0.15) is 0 Å². The van der Waals surface area contributed by atoms with E-state index in [2.05, 4.69) is 5.32 Å². The van der Waals surface area contributed by atoms with Gasteiger partial charge in [-0.3, -0.25) is 9.59 Å². The van der Waals surface area contributed by atoms with Crippen molar-refractivity contribution in [2.24, 2.45) is 0 Å². The average molecular weight is 363 g/mol. The normalized spacial score (nSPS) is 23.2. The number of hydrogen-bond acceptors (Lipinski definition) is 8. The van der Waals surface area contributed by atoms with Gasteiger partial charge in [0.15, 0.2) is 6.29 Å². The topological polar surface area (TPSA) is 113 Å². The number of ether oxygens (including phenoxy) is 5. The van der Waals surface area contributed by atoms with Crippen LogP contribution in [0.3, 0.4) is 0 Å². The summed E-state index contributed by atoms with van der Waals surface area (Å²) in [6.07, 6.45) is 0.460. The van der Waals surface area contributed by atoms with Crippen LogP contribution in [0.4, 0.5) is 0 Å². The van der Waals surface area contributed by atoms with Gasteiger partial charge >= 0.3 is 5.97 Å². The highest BCUT2D eigenvalue weighted by Crippen LogP contribution is 2.21. The summed E-state index contributed by atoms with van der Waals surface area (Å²) in [5.41, 5.74) is 0. The number of nitrogens with one attached hydrogen (secondary N) is 1. The molecular weight excluding hydrogens is 334 g/mol. The lowest BCUT2D eigenvalue weighted by atomic mass is 10.0. The zero-order valence-corrected chi connectivity index (χ0v) is 14.9. The molecule has 0 aromatic carbocycles. The molecule has 0 radical (unpaired) electrons. The molecule has 0 aromatic rings. The average Bonchev–Trinajstić information content (AvgIpc) is 2.56. The first-order chi connectivity index (χ1) is 12.0. The van der Waals surface area contributed by atoms with E-state index in [1.807, 2.05) is 0 Å². The Kier molecular flexibility index (Phi) is 11.3. The van der Waals surface area contributed by atoms with Crippen molar-refractivity contribution < 1.29 is 38.4 Å². The molecule has 1 heterocycles. The molecule has 146 valence electrons. The smallest absolute Gasteiger partial charge is 0.302 e. The first-order valence-corrected chi connectivity index (χ1v) is 8.46. The Morgan fingerprint density at radius 1 is 1.08 bits per heavy atom. The largest absolute Gasteiger partial charge is 0.463 e. The molecule has 0 aliphatic carbocycles. The monoisotopic (exact) mass is 363 g/mol. The van der Waals surface area contributed by atoms with Gasteiger partial charge in [-0.25, -0.2) is 0 Å². The Balaban J connectivity index is 2.30. The Morgan fingerprint density at radius 2 is 1.76 bits per heavy atom. The van der Waals surface area contributed by atoms with Crippen LogP contribution in [0.5, 0.6) is 0 Å². The lowest BCUT2D eigenvalue weighted by molar-refractivity contribution is -0.221. The zero-order chi connectivity index (χ0) is 18.5. The first-order valence-electron chi connectivity index (χ1n) is 8.46. The summed E-state index contributed by atoms with van der Waals surface area (Å²) < 4.78 is 26.9. The SMILES string of the molecule is CC(=O)NC1CC[C@H](COC(C)=O)O[C@H]1OCCOCCOCCO. The summed E-state index contributed by atoms with van der Waals surface area (Å²) in [5, 5.41) is 11.4. The van der Waals surface area contributed by atoms with Gasteiger partial charge in [0, 0.05) is 13.8 Å². The Bertz CT molecular complexity index is 392. The van der Waals surface area contributed by atoms with E-state index in [4.69, 9.17) is 28.8 Å². The van der Waals surface area contributed by atoms with Crippen LogP contribution in [0.15, 0.2) is 0 Å². The molecule has 1 rings (SSSR count). The molecule has 1 aliphatic rings. The van der Waals surface area contributed by atoms with Gasteiger partial charge in [-0.05, 0) is 12.8 Å². The van der Waals surface area contributed by atoms with Crippen LogP contribution in [0.2, 0.25) is 0 Å². The number of hydrogen-bond donors (Lipinski definition) is 2. The predicted octanol–water partition coefficient (Wildman–Crippen LogP) is -0.399. The van der Waals surface area contributed by atoms with Crippen LogP contribution < -0.4 is 5.32 Å². The summed E-state index contributed by atoms with van der Waals surface area (Å²) in [6.45, 7) is 4.68. The molecule has 0 bridgehead atoms. The molecule has 9 heteroatoms. The minimum absolute atomic E-state index is 0.0127. The summed E-state index contributed by atoms with van der Waals surface area (Å²) in [7, 11) is 0. The minimum atomic E-state index is -0.618. The van der Waals surface area contributed by atoms with E-state index in [9.17, 15) is 9.59 Å². The van der Waals surface area contributed by atoms with Crippen molar-refractivity contribution in [1.82, 2.24) is 5.32 Å². The van der Waals surface area contributed by atoms with E-state index >= 15 is 0 Å². The fraction of sp³-hybridized carbons (Fsp3) is 0.875. The molecule has 1 saturated heterocycles. The zero-order valence-electron chi connectivity index (χ0n) is 14.9. The molecule has 3 atom stereocenters. The molecule has 1 amide bonds. The molecule has 1 aliphatic heterocycles. The number of rotatable bonds is 12. The van der Waals surface area contributed by atoms with Gasteiger partial charge in [-0.15, -0.1) is 0 Å². The van der Waals surface area contributed by atoms with Gasteiger partial charge in [0.1, 0.15) is 6.61 Å². The second-order valence-corrected chi connectivity index (χ2v) is 5.63. The van der Waals surface area contributed by atoms with Crippen molar-refractivity contribution in [3.63, 3.8) is 0 Å². The maximum absolute atomic E-state index is 11.3. The fourth-order valence-corrected chi connectivity index (χ4v) is 2.35. The third-order valence-electron chi connectivity index (χ3n) is 3.43. The molecule has 2 N–H and O–H groups in total. The summed E-state index contributed by atoms with van der Waals surface area (Å²) in [5.74, 6) is -0.514. The first kappa shape index (κ1) is 21.8. The van der Waals surface area contributed by atoms with Crippen molar-refractivity contribution in [3.8, 4) is 0 Å². The Labute approximate surface area is 147 Å². The van der Waals surface area contributed by atoms with Crippen molar-refractivity contribution in [1.29, 1.82) is 0 Å². The van der Waals surface area contributed by atoms with Crippen molar-refractivity contribution in [2.45, 2.75) is 45.1 Å². The van der Waals surface area contributed by atoms with Gasteiger partial charge in [0.05, 0.1) is 51.8 Å². The number of amides is 1. The van der Waals surface area contributed by atoms with Crippen LogP contribution in [-0.4, -0.2) is 81.7 Å². The lowest BCUT2D eigenvalue weighted by Gasteiger charge is -2.36. The van der Waals surface area contributed by atoms with E-state index in [-0.39, 0.29) is 43.8 Å². The molecule has 1 fully saturated rings. The van der Waals surface area contributed by atoms with Crippen LogP contribution >= 0.6 is 0 Å². The fourth-order valence-electron chi connectivity index (χ4n) is 2.35. The highest BCUT2D eigenvalue weighted by molar-refractivity contribution is 5.73. The number of carbonyl (C=O) groups excluding carboxylic acids is 2. The molecule has 0 aromatic heterocycles. The summed E-state index contributed by atoms with van der Waals surface area (Å²) in [4.78, 5) is 22.2. The molecule has 25 heavy (non-hydrogen) atoms. The van der Waals surface area contributed by atoms with Gasteiger partial charge in [-0.1, -0.05) is 0 Å². The van der Waals surface area contributed by atoms with E-state index in [0.717, 1.165) is 0 Å². The van der Waals surface area contributed by atoms with Crippen molar-refractivity contribution >= 4 is 11.9 Å². The third-order valence-corrected chi connectivity index (χ3v) is 3.43. The van der Waals surface area contributed by atoms with Gasteiger partial charge in [0.2, 0.25) is 5.91 Å². The third kappa shape index (κ3) is 10.4. The summed E-state index contributed by atoms with van der Waals surface area (Å²) in [6, 6.07) is -0.251. The molecule has 1 unspecified atom stereocenters. The maximum atomic E-state index is 11.3. The number of esters is 1. The van der Waals surface area contributed by atoms with Crippen molar-refractivity contribution in [2.75, 3.05) is 46.2 Å². The number of carbonyl (C=O) groups is 2. The van der Waals surface area contributed by atoms with Crippen LogP contribution in [0.25, 0.3) is 0 Å². The number of aliphatic hydroxyl groups is 1. The standard InChI is InChI=1S/C16H29NO8/c1-12(19)17-15-4-3-14(11-24-13(2)20)25-16(15)23-10-9-22-8-7-21-6-5-18/h14-16,18H,3-11H2,1-2H3,(H,17,19)/t14-,15?,16-/m1/s1. The number of aliphatic hydroxyl groups excluding tert-OH is 1. The quantitative estimate of drug-likeness (QED) is 0.356. The van der Waals surface area contributed by atoms with E-state index in [1.165, 1.54) is 13.8 Å².